The highest BCUT2D eigenvalue weighted by Gasteiger charge is 2.40. The van der Waals surface area contributed by atoms with Crippen LogP contribution in [0.4, 0.5) is 17.6 Å². The zero-order valence-corrected chi connectivity index (χ0v) is 12.4. The summed E-state index contributed by atoms with van der Waals surface area (Å²) in [5, 5.41) is 2.42. The number of alkyl halides is 4. The lowest BCUT2D eigenvalue weighted by Gasteiger charge is -2.20. The minimum Gasteiger partial charge on any atom is -0.493 e. The van der Waals surface area contributed by atoms with E-state index in [4.69, 9.17) is 4.74 Å². The molecule has 0 aliphatic carbocycles. The van der Waals surface area contributed by atoms with E-state index < -0.39 is 24.9 Å². The first-order chi connectivity index (χ1) is 9.72. The van der Waals surface area contributed by atoms with Crippen LogP contribution in [0.3, 0.4) is 0 Å². The van der Waals surface area contributed by atoms with Gasteiger partial charge in [-0.3, -0.25) is 0 Å². The number of hydrogen-bond acceptors (Lipinski definition) is 2. The summed E-state index contributed by atoms with van der Waals surface area (Å²) < 4.78 is 55.3. The molecular weight excluding hydrogens is 286 g/mol. The van der Waals surface area contributed by atoms with Crippen LogP contribution in [0.1, 0.15) is 32.4 Å². The summed E-state index contributed by atoms with van der Waals surface area (Å²) >= 11 is 0. The van der Waals surface area contributed by atoms with E-state index in [0.29, 0.717) is 18.3 Å². The normalized spacial score (nSPS) is 13.8. The highest BCUT2D eigenvalue weighted by Crippen LogP contribution is 2.24. The van der Waals surface area contributed by atoms with Gasteiger partial charge >= 0.3 is 12.3 Å². The summed E-state index contributed by atoms with van der Waals surface area (Å²) in [5.74, 6) is -2.92. The van der Waals surface area contributed by atoms with Crippen LogP contribution in [0.15, 0.2) is 24.3 Å². The summed E-state index contributed by atoms with van der Waals surface area (Å²) in [4.78, 5) is 0. The fourth-order valence-corrected chi connectivity index (χ4v) is 1.60. The lowest BCUT2D eigenvalue weighted by molar-refractivity contribution is -0.126. The first kappa shape index (κ1) is 17.8. The average molecular weight is 307 g/mol. The van der Waals surface area contributed by atoms with Gasteiger partial charge in [-0.25, -0.2) is 8.78 Å². The Kier molecular flexibility index (Phi) is 6.45. The molecule has 1 aromatic carbocycles. The van der Waals surface area contributed by atoms with Crippen molar-refractivity contribution in [3.05, 3.63) is 29.8 Å². The van der Waals surface area contributed by atoms with E-state index in [9.17, 15) is 17.6 Å². The van der Waals surface area contributed by atoms with Gasteiger partial charge in [0.2, 0.25) is 0 Å². The fourth-order valence-electron chi connectivity index (χ4n) is 1.60. The van der Waals surface area contributed by atoms with Crippen LogP contribution in [0, 0.1) is 5.92 Å². The van der Waals surface area contributed by atoms with Crippen molar-refractivity contribution >= 4 is 0 Å². The number of ether oxygens (including phenoxy) is 1. The Morgan fingerprint density at radius 2 is 1.67 bits per heavy atom. The minimum absolute atomic E-state index is 0.404. The molecule has 1 N–H and O–H groups in total. The van der Waals surface area contributed by atoms with Crippen LogP contribution in [0.5, 0.6) is 5.75 Å². The lowest BCUT2D eigenvalue weighted by Crippen LogP contribution is -2.39. The lowest BCUT2D eigenvalue weighted by atomic mass is 10.1. The third kappa shape index (κ3) is 5.91. The number of nitrogens with one attached hydrogen (secondary N) is 1. The maximum atomic E-state index is 12.8. The molecule has 0 saturated heterocycles. The second-order valence-electron chi connectivity index (χ2n) is 5.44. The van der Waals surface area contributed by atoms with Crippen molar-refractivity contribution in [2.75, 3.05) is 13.2 Å². The maximum absolute atomic E-state index is 12.8. The van der Waals surface area contributed by atoms with E-state index in [1.165, 1.54) is 0 Å². The fraction of sp³-hybridized carbons (Fsp3) is 0.600. The van der Waals surface area contributed by atoms with Crippen molar-refractivity contribution < 1.29 is 22.3 Å². The molecule has 120 valence electrons. The molecule has 0 spiro atoms. The molecule has 0 aromatic heterocycles. The third-order valence-electron chi connectivity index (χ3n) is 2.93. The number of hydrogen-bond donors (Lipinski definition) is 1. The highest BCUT2D eigenvalue weighted by molar-refractivity contribution is 5.29. The number of halogens is 4. The quantitative estimate of drug-likeness (QED) is 0.724. The Labute approximate surface area is 122 Å². The molecule has 1 rings (SSSR count). The minimum atomic E-state index is -4.02. The smallest absolute Gasteiger partial charge is 0.319 e. The van der Waals surface area contributed by atoms with Gasteiger partial charge < -0.3 is 10.1 Å². The summed E-state index contributed by atoms with van der Waals surface area (Å²) in [6.07, 6.45) is -3.66. The predicted molar refractivity (Wildman–Crippen MR) is 74.1 cm³/mol. The van der Waals surface area contributed by atoms with Gasteiger partial charge in [-0.1, -0.05) is 26.0 Å². The topological polar surface area (TPSA) is 21.3 Å². The highest BCUT2D eigenvalue weighted by atomic mass is 19.3. The molecule has 0 fully saturated rings. The second kappa shape index (κ2) is 7.64. The molecule has 1 aromatic rings. The maximum Gasteiger partial charge on any atom is 0.319 e. The molecule has 6 heteroatoms. The zero-order valence-electron chi connectivity index (χ0n) is 12.4. The van der Waals surface area contributed by atoms with Gasteiger partial charge in [0.1, 0.15) is 5.75 Å². The molecular formula is C15H21F4NO. The van der Waals surface area contributed by atoms with E-state index in [1.807, 2.05) is 13.8 Å². The molecule has 1 atom stereocenters. The molecule has 2 nitrogen and oxygen atoms in total. The first-order valence-corrected chi connectivity index (χ1v) is 6.84. The van der Waals surface area contributed by atoms with Gasteiger partial charge in [0.25, 0.3) is 0 Å². The van der Waals surface area contributed by atoms with Crippen LogP contribution in [0.25, 0.3) is 0 Å². The first-order valence-electron chi connectivity index (χ1n) is 6.84. The molecule has 21 heavy (non-hydrogen) atoms. The zero-order chi connectivity index (χ0) is 16.0. The second-order valence-corrected chi connectivity index (χ2v) is 5.44. The largest absolute Gasteiger partial charge is 0.493 e. The summed E-state index contributed by atoms with van der Waals surface area (Å²) in [6.45, 7) is 5.24. The average Bonchev–Trinajstić information content (AvgIpc) is 2.43. The van der Waals surface area contributed by atoms with E-state index >= 15 is 0 Å². The Bertz CT molecular complexity index is 420. The third-order valence-corrected chi connectivity index (χ3v) is 2.93. The van der Waals surface area contributed by atoms with Crippen LogP contribution >= 0.6 is 0 Å². The van der Waals surface area contributed by atoms with Crippen molar-refractivity contribution in [2.24, 2.45) is 5.92 Å². The van der Waals surface area contributed by atoms with Crippen molar-refractivity contribution in [3.8, 4) is 5.75 Å². The summed E-state index contributed by atoms with van der Waals surface area (Å²) in [6, 6.07) is 6.48. The van der Waals surface area contributed by atoms with Gasteiger partial charge in [-0.15, -0.1) is 0 Å². The van der Waals surface area contributed by atoms with Gasteiger partial charge in [0.15, 0.2) is 0 Å². The Balaban J connectivity index is 2.53. The molecule has 0 radical (unpaired) electrons. The monoisotopic (exact) mass is 307 g/mol. The number of rotatable bonds is 8. The SMILES string of the molecule is CC(C)COc1ccc(C(C)NCC(F)(F)C(F)F)cc1. The van der Waals surface area contributed by atoms with Crippen molar-refractivity contribution in [1.82, 2.24) is 5.32 Å². The molecule has 0 heterocycles. The number of benzene rings is 1. The van der Waals surface area contributed by atoms with Gasteiger partial charge in [0.05, 0.1) is 13.2 Å². The molecule has 0 saturated carbocycles. The Morgan fingerprint density at radius 1 is 1.10 bits per heavy atom. The van der Waals surface area contributed by atoms with Crippen LogP contribution in [-0.4, -0.2) is 25.5 Å². The summed E-state index contributed by atoms with van der Waals surface area (Å²) in [7, 11) is 0. The van der Waals surface area contributed by atoms with E-state index in [-0.39, 0.29) is 0 Å². The molecule has 0 bridgehead atoms. The molecule has 0 amide bonds. The molecule has 0 aliphatic rings. The summed E-state index contributed by atoms with van der Waals surface area (Å²) in [5.41, 5.74) is 0.733. The predicted octanol–water partition coefficient (Wildman–Crippen LogP) is 4.27. The Hall–Kier alpha value is -1.30. The van der Waals surface area contributed by atoms with Crippen molar-refractivity contribution in [3.63, 3.8) is 0 Å². The van der Waals surface area contributed by atoms with Gasteiger partial charge in [-0.2, -0.15) is 8.78 Å². The van der Waals surface area contributed by atoms with Crippen LogP contribution < -0.4 is 10.1 Å². The van der Waals surface area contributed by atoms with Crippen LogP contribution in [-0.2, 0) is 0 Å². The molecule has 1 unspecified atom stereocenters. The van der Waals surface area contributed by atoms with E-state index in [2.05, 4.69) is 5.32 Å². The van der Waals surface area contributed by atoms with Crippen molar-refractivity contribution in [1.29, 1.82) is 0 Å². The Morgan fingerprint density at radius 3 is 2.14 bits per heavy atom. The van der Waals surface area contributed by atoms with Gasteiger partial charge in [-0.05, 0) is 30.5 Å². The van der Waals surface area contributed by atoms with E-state index in [0.717, 1.165) is 5.56 Å². The van der Waals surface area contributed by atoms with Gasteiger partial charge in [0, 0.05) is 6.04 Å². The van der Waals surface area contributed by atoms with E-state index in [1.54, 1.807) is 31.2 Å². The molecule has 0 aliphatic heterocycles. The standard InChI is InChI=1S/C15H21F4NO/c1-10(2)8-21-13-6-4-12(5-7-13)11(3)20-9-15(18,19)14(16)17/h4-7,10-11,14,20H,8-9H2,1-3H3. The van der Waals surface area contributed by atoms with Crippen LogP contribution in [0.2, 0.25) is 0 Å². The van der Waals surface area contributed by atoms with Crippen molar-refractivity contribution in [2.45, 2.75) is 39.2 Å².